The van der Waals surface area contributed by atoms with E-state index in [0.717, 1.165) is 5.39 Å². The van der Waals surface area contributed by atoms with Gasteiger partial charge < -0.3 is 13.9 Å². The summed E-state index contributed by atoms with van der Waals surface area (Å²) >= 11 is 0. The number of hydrogen-bond acceptors (Lipinski definition) is 6. The van der Waals surface area contributed by atoms with E-state index in [4.69, 9.17) is 13.9 Å². The van der Waals surface area contributed by atoms with Crippen molar-refractivity contribution in [1.82, 2.24) is 0 Å². The van der Waals surface area contributed by atoms with Gasteiger partial charge in [0.2, 0.25) is 0 Å². The standard InChI is InChI=1S/C17H13NO6/c1-22-14-6-7-15-11(10-23-16(15)9-14)8-17(19)24-13-4-2-12(3-5-13)18(20)21/h2-7,9-10H,8H2,1H3. The predicted octanol–water partition coefficient (Wildman–Crippen LogP) is 3.50. The smallest absolute Gasteiger partial charge is 0.315 e. The number of furan rings is 1. The van der Waals surface area contributed by atoms with Crippen molar-refractivity contribution in [2.24, 2.45) is 0 Å². The molecule has 122 valence electrons. The first kappa shape index (κ1) is 15.5. The molecule has 0 aliphatic carbocycles. The number of non-ortho nitro benzene ring substituents is 1. The van der Waals surface area contributed by atoms with Crippen LogP contribution in [0.1, 0.15) is 5.56 Å². The van der Waals surface area contributed by atoms with Gasteiger partial charge in [0, 0.05) is 29.1 Å². The van der Waals surface area contributed by atoms with E-state index in [-0.39, 0.29) is 17.9 Å². The molecule has 0 radical (unpaired) electrons. The zero-order valence-electron chi connectivity index (χ0n) is 12.7. The molecule has 0 spiro atoms. The predicted molar refractivity (Wildman–Crippen MR) is 85.2 cm³/mol. The van der Waals surface area contributed by atoms with Crippen LogP contribution in [-0.4, -0.2) is 18.0 Å². The second-order valence-electron chi connectivity index (χ2n) is 5.02. The molecule has 0 saturated heterocycles. The molecule has 0 amide bonds. The number of hydrogen-bond donors (Lipinski definition) is 0. The summed E-state index contributed by atoms with van der Waals surface area (Å²) < 4.78 is 15.7. The Kier molecular flexibility index (Phi) is 4.15. The van der Waals surface area contributed by atoms with E-state index in [0.29, 0.717) is 16.9 Å². The molecule has 7 heteroatoms. The Morgan fingerprint density at radius 2 is 1.88 bits per heavy atom. The Hall–Kier alpha value is -3.35. The highest BCUT2D eigenvalue weighted by atomic mass is 16.6. The third-order valence-electron chi connectivity index (χ3n) is 3.48. The SMILES string of the molecule is COc1ccc2c(CC(=O)Oc3ccc([N+](=O)[O-])cc3)coc2c1. The minimum atomic E-state index is -0.516. The van der Waals surface area contributed by atoms with E-state index in [9.17, 15) is 14.9 Å². The van der Waals surface area contributed by atoms with Crippen LogP contribution in [0.15, 0.2) is 53.1 Å². The molecule has 0 saturated carbocycles. The number of carbonyl (C=O) groups excluding carboxylic acids is 1. The highest BCUT2D eigenvalue weighted by molar-refractivity contribution is 5.87. The van der Waals surface area contributed by atoms with Gasteiger partial charge in [-0.25, -0.2) is 0 Å². The van der Waals surface area contributed by atoms with E-state index >= 15 is 0 Å². The fourth-order valence-corrected chi connectivity index (χ4v) is 2.29. The van der Waals surface area contributed by atoms with Crippen LogP contribution in [0, 0.1) is 10.1 Å². The van der Waals surface area contributed by atoms with Crippen molar-refractivity contribution in [1.29, 1.82) is 0 Å². The number of rotatable bonds is 5. The van der Waals surface area contributed by atoms with Crippen LogP contribution < -0.4 is 9.47 Å². The Labute approximate surface area is 136 Å². The number of benzene rings is 2. The van der Waals surface area contributed by atoms with Crippen LogP contribution in [0.2, 0.25) is 0 Å². The van der Waals surface area contributed by atoms with E-state index in [1.165, 1.54) is 30.5 Å². The lowest BCUT2D eigenvalue weighted by Crippen LogP contribution is -2.10. The van der Waals surface area contributed by atoms with Crippen molar-refractivity contribution in [2.45, 2.75) is 6.42 Å². The maximum Gasteiger partial charge on any atom is 0.315 e. The third-order valence-corrected chi connectivity index (χ3v) is 3.48. The summed E-state index contributed by atoms with van der Waals surface area (Å²) in [6, 6.07) is 10.7. The number of fused-ring (bicyclic) bond motifs is 1. The fraction of sp³-hybridized carbons (Fsp3) is 0.118. The van der Waals surface area contributed by atoms with Gasteiger partial charge in [-0.15, -0.1) is 0 Å². The van der Waals surface area contributed by atoms with Crippen molar-refractivity contribution in [3.8, 4) is 11.5 Å². The molecule has 3 aromatic rings. The lowest BCUT2D eigenvalue weighted by Gasteiger charge is -2.03. The molecule has 0 bridgehead atoms. The van der Waals surface area contributed by atoms with Crippen molar-refractivity contribution in [2.75, 3.05) is 7.11 Å². The van der Waals surface area contributed by atoms with Gasteiger partial charge in [0.25, 0.3) is 5.69 Å². The molecule has 0 N–H and O–H groups in total. The number of nitro benzene ring substituents is 1. The summed E-state index contributed by atoms with van der Waals surface area (Å²) in [5, 5.41) is 11.4. The Bertz CT molecular complexity index is 897. The Morgan fingerprint density at radius 1 is 1.17 bits per heavy atom. The summed E-state index contributed by atoms with van der Waals surface area (Å²) in [4.78, 5) is 22.1. The fourth-order valence-electron chi connectivity index (χ4n) is 2.29. The normalized spacial score (nSPS) is 10.5. The second kappa shape index (κ2) is 6.41. The molecule has 7 nitrogen and oxygen atoms in total. The van der Waals surface area contributed by atoms with Gasteiger partial charge in [-0.3, -0.25) is 14.9 Å². The maximum absolute atomic E-state index is 12.0. The minimum absolute atomic E-state index is 0.0241. The van der Waals surface area contributed by atoms with Crippen LogP contribution in [0.25, 0.3) is 11.0 Å². The molecule has 2 aromatic carbocycles. The highest BCUT2D eigenvalue weighted by Gasteiger charge is 2.13. The minimum Gasteiger partial charge on any atom is -0.497 e. The average Bonchev–Trinajstić information content (AvgIpc) is 2.97. The van der Waals surface area contributed by atoms with E-state index in [2.05, 4.69) is 0 Å². The molecular weight excluding hydrogens is 314 g/mol. The number of methoxy groups -OCH3 is 1. The maximum atomic E-state index is 12.0. The zero-order chi connectivity index (χ0) is 17.1. The van der Waals surface area contributed by atoms with Gasteiger partial charge in [0.15, 0.2) is 0 Å². The first-order valence-electron chi connectivity index (χ1n) is 7.06. The van der Waals surface area contributed by atoms with Crippen molar-refractivity contribution >= 4 is 22.6 Å². The molecule has 1 aromatic heterocycles. The van der Waals surface area contributed by atoms with Crippen molar-refractivity contribution in [3.63, 3.8) is 0 Å². The molecule has 0 atom stereocenters. The van der Waals surface area contributed by atoms with Crippen LogP contribution >= 0.6 is 0 Å². The largest absolute Gasteiger partial charge is 0.497 e. The first-order valence-corrected chi connectivity index (χ1v) is 7.06. The van der Waals surface area contributed by atoms with Crippen LogP contribution in [0.3, 0.4) is 0 Å². The van der Waals surface area contributed by atoms with E-state index in [1.54, 1.807) is 19.2 Å². The van der Waals surface area contributed by atoms with Gasteiger partial charge in [-0.05, 0) is 24.3 Å². The molecule has 0 unspecified atom stereocenters. The molecule has 0 fully saturated rings. The molecule has 1 heterocycles. The summed E-state index contributed by atoms with van der Waals surface area (Å²) in [5.41, 5.74) is 1.25. The first-order chi connectivity index (χ1) is 11.6. The van der Waals surface area contributed by atoms with E-state index < -0.39 is 10.9 Å². The van der Waals surface area contributed by atoms with Gasteiger partial charge in [0.05, 0.1) is 24.7 Å². The van der Waals surface area contributed by atoms with Gasteiger partial charge in [-0.2, -0.15) is 0 Å². The molecular formula is C17H13NO6. The molecule has 24 heavy (non-hydrogen) atoms. The molecule has 0 aliphatic rings. The monoisotopic (exact) mass is 327 g/mol. The molecule has 0 aliphatic heterocycles. The number of nitro groups is 1. The van der Waals surface area contributed by atoms with Crippen molar-refractivity contribution in [3.05, 3.63) is 64.4 Å². The summed E-state index contributed by atoms with van der Waals surface area (Å²) in [6.07, 6.45) is 1.53. The van der Waals surface area contributed by atoms with Crippen LogP contribution in [0.5, 0.6) is 11.5 Å². The lowest BCUT2D eigenvalue weighted by atomic mass is 10.1. The Balaban J connectivity index is 1.71. The van der Waals surface area contributed by atoms with Crippen molar-refractivity contribution < 1.29 is 23.6 Å². The Morgan fingerprint density at radius 3 is 2.54 bits per heavy atom. The summed E-state index contributed by atoms with van der Waals surface area (Å²) in [7, 11) is 1.56. The van der Waals surface area contributed by atoms with E-state index in [1.807, 2.05) is 6.07 Å². The van der Waals surface area contributed by atoms with Crippen LogP contribution in [-0.2, 0) is 11.2 Å². The number of esters is 1. The van der Waals surface area contributed by atoms with Gasteiger partial charge in [-0.1, -0.05) is 0 Å². The number of ether oxygens (including phenoxy) is 2. The number of carbonyl (C=O) groups is 1. The summed E-state index contributed by atoms with van der Waals surface area (Å²) in [5.74, 6) is 0.430. The number of nitrogens with zero attached hydrogens (tertiary/aromatic N) is 1. The van der Waals surface area contributed by atoms with Crippen LogP contribution in [0.4, 0.5) is 5.69 Å². The van der Waals surface area contributed by atoms with Gasteiger partial charge >= 0.3 is 5.97 Å². The average molecular weight is 327 g/mol. The summed E-state index contributed by atoms with van der Waals surface area (Å²) in [6.45, 7) is 0. The second-order valence-corrected chi connectivity index (χ2v) is 5.02. The van der Waals surface area contributed by atoms with Gasteiger partial charge in [0.1, 0.15) is 17.1 Å². The highest BCUT2D eigenvalue weighted by Crippen LogP contribution is 2.26. The lowest BCUT2D eigenvalue weighted by molar-refractivity contribution is -0.384. The molecule has 3 rings (SSSR count). The zero-order valence-corrected chi connectivity index (χ0v) is 12.7. The third kappa shape index (κ3) is 3.19. The quantitative estimate of drug-likeness (QED) is 0.308. The topological polar surface area (TPSA) is 91.8 Å².